The molecule has 1 aromatic heterocycles. The third kappa shape index (κ3) is 6.97. The van der Waals surface area contributed by atoms with E-state index in [2.05, 4.69) is 25.3 Å². The molecule has 0 radical (unpaired) electrons. The molecule has 2 aromatic rings. The van der Waals surface area contributed by atoms with Crippen LogP contribution in [0.3, 0.4) is 0 Å². The predicted molar refractivity (Wildman–Crippen MR) is 125 cm³/mol. The van der Waals surface area contributed by atoms with Gasteiger partial charge in [0.25, 0.3) is 5.91 Å². The molecule has 4 N–H and O–H groups in total. The fraction of sp³-hybridized carbons (Fsp3) is 0.478. The summed E-state index contributed by atoms with van der Waals surface area (Å²) in [5, 5.41) is 5.20. The summed E-state index contributed by atoms with van der Waals surface area (Å²) >= 11 is 0. The SMILES string of the molecule is CC(C)CC(NS(=O)(=O)c1ccccc1)C(=O)NC1Cc2cnc([nH]2)CCCCNC(=O)C1=O. The van der Waals surface area contributed by atoms with Gasteiger partial charge < -0.3 is 15.6 Å². The van der Waals surface area contributed by atoms with Crippen molar-refractivity contribution in [1.82, 2.24) is 25.3 Å². The van der Waals surface area contributed by atoms with Crippen LogP contribution in [0.2, 0.25) is 0 Å². The van der Waals surface area contributed by atoms with Gasteiger partial charge in [0, 0.05) is 31.3 Å². The van der Waals surface area contributed by atoms with Gasteiger partial charge in [-0.2, -0.15) is 4.72 Å². The number of rotatable bonds is 7. The zero-order valence-electron chi connectivity index (χ0n) is 19.3. The minimum absolute atomic E-state index is 0.0142. The molecule has 0 aliphatic carbocycles. The van der Waals surface area contributed by atoms with E-state index in [4.69, 9.17) is 0 Å². The second-order valence-electron chi connectivity index (χ2n) is 8.81. The monoisotopic (exact) mass is 489 g/mol. The Morgan fingerprint density at radius 3 is 2.62 bits per heavy atom. The molecule has 1 aliphatic heterocycles. The summed E-state index contributed by atoms with van der Waals surface area (Å²) < 4.78 is 28.1. The molecule has 0 spiro atoms. The number of amides is 2. The number of nitrogens with one attached hydrogen (secondary N) is 4. The molecular formula is C23H31N5O5S. The van der Waals surface area contributed by atoms with Crippen molar-refractivity contribution < 1.29 is 22.8 Å². The first-order valence-electron chi connectivity index (χ1n) is 11.4. The molecule has 2 atom stereocenters. The van der Waals surface area contributed by atoms with Crippen LogP contribution in [0.25, 0.3) is 0 Å². The lowest BCUT2D eigenvalue weighted by atomic mass is 10.0. The fourth-order valence-electron chi connectivity index (χ4n) is 3.74. The zero-order chi connectivity index (χ0) is 24.7. The number of nitrogens with zero attached hydrogens (tertiary/aromatic N) is 1. The summed E-state index contributed by atoms with van der Waals surface area (Å²) in [4.78, 5) is 45.9. The van der Waals surface area contributed by atoms with Gasteiger partial charge in [0.05, 0.1) is 4.90 Å². The van der Waals surface area contributed by atoms with Gasteiger partial charge in [-0.15, -0.1) is 0 Å². The average molecular weight is 490 g/mol. The maximum absolute atomic E-state index is 13.2. The number of hydrogen-bond acceptors (Lipinski definition) is 6. The lowest BCUT2D eigenvalue weighted by Gasteiger charge is -2.23. The first-order valence-corrected chi connectivity index (χ1v) is 12.9. The zero-order valence-corrected chi connectivity index (χ0v) is 20.2. The molecule has 2 bridgehead atoms. The first kappa shape index (κ1) is 25.6. The van der Waals surface area contributed by atoms with Crippen LogP contribution in [0.15, 0.2) is 41.4 Å². The van der Waals surface area contributed by atoms with Crippen molar-refractivity contribution in [3.05, 3.63) is 48.0 Å². The number of Topliss-reactive ketones (excluding diaryl/α,β-unsaturated/α-hetero) is 1. The summed E-state index contributed by atoms with van der Waals surface area (Å²) in [5.74, 6) is -1.49. The molecule has 2 unspecified atom stereocenters. The Morgan fingerprint density at radius 1 is 1.18 bits per heavy atom. The minimum Gasteiger partial charge on any atom is -0.349 e. The summed E-state index contributed by atoms with van der Waals surface area (Å²) in [6.07, 6.45) is 4.02. The minimum atomic E-state index is -3.97. The van der Waals surface area contributed by atoms with Gasteiger partial charge in [-0.25, -0.2) is 13.4 Å². The van der Waals surface area contributed by atoms with Crippen molar-refractivity contribution in [1.29, 1.82) is 0 Å². The van der Waals surface area contributed by atoms with E-state index in [1.54, 1.807) is 24.4 Å². The largest absolute Gasteiger partial charge is 0.349 e. The predicted octanol–water partition coefficient (Wildman–Crippen LogP) is 0.852. The number of sulfonamides is 1. The maximum Gasteiger partial charge on any atom is 0.289 e. The Balaban J connectivity index is 1.82. The Labute approximate surface area is 199 Å². The number of benzene rings is 1. The van der Waals surface area contributed by atoms with Gasteiger partial charge in [0.2, 0.25) is 21.7 Å². The summed E-state index contributed by atoms with van der Waals surface area (Å²) in [6.45, 7) is 4.06. The van der Waals surface area contributed by atoms with Crippen LogP contribution in [0.1, 0.15) is 44.6 Å². The molecule has 11 heteroatoms. The van der Waals surface area contributed by atoms with E-state index >= 15 is 0 Å². The number of hydrogen-bond donors (Lipinski definition) is 4. The van der Waals surface area contributed by atoms with Crippen molar-refractivity contribution in [3.8, 4) is 0 Å². The molecule has 1 aliphatic rings. The Bertz CT molecular complexity index is 1110. The second kappa shape index (κ2) is 11.4. The lowest BCUT2D eigenvalue weighted by Crippen LogP contribution is -2.55. The topological polar surface area (TPSA) is 150 Å². The van der Waals surface area contributed by atoms with Crippen LogP contribution in [-0.4, -0.2) is 54.6 Å². The molecule has 3 rings (SSSR count). The Kier molecular flexibility index (Phi) is 8.56. The molecule has 10 nitrogen and oxygen atoms in total. The third-order valence-electron chi connectivity index (χ3n) is 5.46. The van der Waals surface area contributed by atoms with Gasteiger partial charge in [0.1, 0.15) is 17.9 Å². The van der Waals surface area contributed by atoms with Crippen LogP contribution in [0.4, 0.5) is 0 Å². The molecule has 0 saturated heterocycles. The van der Waals surface area contributed by atoms with Crippen molar-refractivity contribution in [3.63, 3.8) is 0 Å². The normalized spacial score (nSPS) is 18.5. The Morgan fingerprint density at radius 2 is 1.91 bits per heavy atom. The number of imidazole rings is 1. The maximum atomic E-state index is 13.2. The average Bonchev–Trinajstić information content (AvgIpc) is 3.24. The third-order valence-corrected chi connectivity index (χ3v) is 6.95. The van der Waals surface area contributed by atoms with Gasteiger partial charge in [-0.3, -0.25) is 14.4 Å². The highest BCUT2D eigenvalue weighted by atomic mass is 32.2. The summed E-state index contributed by atoms with van der Waals surface area (Å²) in [7, 11) is -3.97. The van der Waals surface area contributed by atoms with Crippen LogP contribution in [0.5, 0.6) is 0 Å². The van der Waals surface area contributed by atoms with Crippen molar-refractivity contribution in [2.75, 3.05) is 6.54 Å². The van der Waals surface area contributed by atoms with E-state index in [-0.39, 0.29) is 23.7 Å². The van der Waals surface area contributed by atoms with Crippen LogP contribution in [-0.2, 0) is 37.2 Å². The molecule has 34 heavy (non-hydrogen) atoms. The van der Waals surface area contributed by atoms with E-state index < -0.39 is 39.7 Å². The summed E-state index contributed by atoms with van der Waals surface area (Å²) in [6, 6.07) is 5.45. The lowest BCUT2D eigenvalue weighted by molar-refractivity contribution is -0.140. The highest BCUT2D eigenvalue weighted by Crippen LogP contribution is 2.13. The van der Waals surface area contributed by atoms with Crippen molar-refractivity contribution in [2.45, 2.75) is 62.9 Å². The molecular weight excluding hydrogens is 458 g/mol. The molecule has 0 fully saturated rings. The highest BCUT2D eigenvalue weighted by Gasteiger charge is 2.32. The van der Waals surface area contributed by atoms with Crippen molar-refractivity contribution in [2.24, 2.45) is 5.92 Å². The number of fused-ring (bicyclic) bond motifs is 2. The van der Waals surface area contributed by atoms with E-state index in [0.717, 1.165) is 12.2 Å². The molecule has 184 valence electrons. The van der Waals surface area contributed by atoms with E-state index in [9.17, 15) is 22.8 Å². The number of ketones is 1. The van der Waals surface area contributed by atoms with E-state index in [1.165, 1.54) is 12.1 Å². The highest BCUT2D eigenvalue weighted by molar-refractivity contribution is 7.89. The fourth-order valence-corrected chi connectivity index (χ4v) is 4.97. The van der Waals surface area contributed by atoms with Crippen molar-refractivity contribution >= 4 is 27.6 Å². The molecule has 2 amide bonds. The quantitative estimate of drug-likeness (QED) is 0.424. The van der Waals surface area contributed by atoms with E-state index in [0.29, 0.717) is 25.1 Å². The number of H-pyrrole nitrogens is 1. The first-order chi connectivity index (χ1) is 16.2. The number of aromatic nitrogens is 2. The van der Waals surface area contributed by atoms with E-state index in [1.807, 2.05) is 13.8 Å². The van der Waals surface area contributed by atoms with Crippen LogP contribution in [0, 0.1) is 5.92 Å². The number of aryl methyl sites for hydroxylation is 1. The smallest absolute Gasteiger partial charge is 0.289 e. The van der Waals surface area contributed by atoms with Crippen LogP contribution < -0.4 is 15.4 Å². The molecule has 0 saturated carbocycles. The molecule has 2 heterocycles. The Hall–Kier alpha value is -3.05. The van der Waals surface area contributed by atoms with Crippen LogP contribution >= 0.6 is 0 Å². The molecule has 1 aromatic carbocycles. The van der Waals surface area contributed by atoms with Gasteiger partial charge in [-0.1, -0.05) is 32.0 Å². The number of aromatic amines is 1. The number of carbonyl (C=O) groups excluding carboxylic acids is 3. The summed E-state index contributed by atoms with van der Waals surface area (Å²) in [5.41, 5.74) is 0.604. The number of carbonyl (C=O) groups is 3. The van der Waals surface area contributed by atoms with Gasteiger partial charge in [-0.05, 0) is 37.3 Å². The second-order valence-corrected chi connectivity index (χ2v) is 10.5. The standard InChI is InChI=1S/C23H31N5O5S/c1-15(2)12-19(28-34(32,33)17-8-4-3-5-9-17)22(30)27-18-13-16-14-25-20(26-16)10-6-7-11-24-23(31)21(18)29/h3-5,8-9,14-15,18-19,28H,6-7,10-13H2,1-2H3,(H,24,31)(H,25,26)(H,27,30). The van der Waals surface area contributed by atoms with Gasteiger partial charge >= 0.3 is 0 Å². The van der Waals surface area contributed by atoms with Gasteiger partial charge in [0.15, 0.2) is 0 Å².